The molecule has 0 bridgehead atoms. The molecule has 0 saturated heterocycles. The van der Waals surface area contributed by atoms with Crippen LogP contribution in [-0.2, 0) is 23.1 Å². The van der Waals surface area contributed by atoms with E-state index in [1.807, 2.05) is 29.7 Å². The number of fused-ring (bicyclic) bond motifs is 1. The third kappa shape index (κ3) is 3.72. The van der Waals surface area contributed by atoms with E-state index in [0.29, 0.717) is 24.2 Å². The molecule has 7 nitrogen and oxygen atoms in total. The number of aromatic nitrogens is 2. The van der Waals surface area contributed by atoms with Crippen LogP contribution in [0.25, 0.3) is 10.9 Å². The number of nitrogens with zero attached hydrogens (tertiary/aromatic N) is 3. The molecule has 2 aromatic heterocycles. The van der Waals surface area contributed by atoms with Crippen molar-refractivity contribution < 1.29 is 13.2 Å². The minimum Gasteiger partial charge on any atom is -0.345 e. The van der Waals surface area contributed by atoms with Gasteiger partial charge in [0.1, 0.15) is 5.69 Å². The fourth-order valence-electron chi connectivity index (χ4n) is 2.91. The second kappa shape index (κ2) is 7.50. The molecule has 0 aliphatic rings. The van der Waals surface area contributed by atoms with E-state index in [1.165, 1.54) is 18.4 Å². The number of sulfonamides is 1. The molecule has 0 spiro atoms. The number of benzene rings is 1. The van der Waals surface area contributed by atoms with Crippen LogP contribution in [-0.4, -0.2) is 42.3 Å². The molecule has 0 atom stereocenters. The van der Waals surface area contributed by atoms with Crippen molar-refractivity contribution >= 4 is 26.8 Å². The zero-order valence-electron chi connectivity index (χ0n) is 15.5. The van der Waals surface area contributed by atoms with Crippen LogP contribution in [0.2, 0.25) is 0 Å². The minimum atomic E-state index is -3.53. The maximum atomic E-state index is 12.7. The molecule has 3 aromatic rings. The highest BCUT2D eigenvalue weighted by Crippen LogP contribution is 2.24. The zero-order chi connectivity index (χ0) is 19.6. The molecule has 0 unspecified atom stereocenters. The topological polar surface area (TPSA) is 84.3 Å². The predicted octanol–water partition coefficient (Wildman–Crippen LogP) is 2.24. The van der Waals surface area contributed by atoms with E-state index >= 15 is 0 Å². The van der Waals surface area contributed by atoms with E-state index in [9.17, 15) is 13.2 Å². The number of carbonyl (C=O) groups excluding carboxylic acids is 1. The maximum Gasteiger partial charge on any atom is 0.268 e. The minimum absolute atomic E-state index is 0.202. The molecule has 8 heteroatoms. The summed E-state index contributed by atoms with van der Waals surface area (Å²) in [5, 5.41) is 3.58. The van der Waals surface area contributed by atoms with E-state index in [-0.39, 0.29) is 10.8 Å². The van der Waals surface area contributed by atoms with E-state index in [4.69, 9.17) is 0 Å². The molecular formula is C19H22N4O3S. The van der Waals surface area contributed by atoms with Crippen LogP contribution in [0.3, 0.4) is 0 Å². The normalized spacial score (nSPS) is 11.9. The van der Waals surface area contributed by atoms with Crippen molar-refractivity contribution in [1.82, 2.24) is 19.2 Å². The average Bonchev–Trinajstić information content (AvgIpc) is 3.04. The summed E-state index contributed by atoms with van der Waals surface area (Å²) in [4.78, 5) is 17.1. The first kappa shape index (κ1) is 19.1. The van der Waals surface area contributed by atoms with E-state index < -0.39 is 10.0 Å². The Balaban J connectivity index is 1.94. The Bertz CT molecular complexity index is 1070. The number of nitrogens with one attached hydrogen (secondary N) is 1. The van der Waals surface area contributed by atoms with Gasteiger partial charge in [0, 0.05) is 37.7 Å². The standard InChI is InChI=1S/C19H22N4O3S/c1-4-23-17-9-8-16(27(25,26)22(2)3)11-14(17)12-18(23)19(24)21-13-15-7-5-6-10-20-15/h5-12H,4,13H2,1-3H3,(H,21,24). The first-order chi connectivity index (χ1) is 12.8. The number of hydrogen-bond donors (Lipinski definition) is 1. The Morgan fingerprint density at radius 3 is 2.59 bits per heavy atom. The Hall–Kier alpha value is -2.71. The van der Waals surface area contributed by atoms with Crippen LogP contribution >= 0.6 is 0 Å². The highest BCUT2D eigenvalue weighted by Gasteiger charge is 2.20. The van der Waals surface area contributed by atoms with Crippen molar-refractivity contribution in [3.63, 3.8) is 0 Å². The predicted molar refractivity (Wildman–Crippen MR) is 104 cm³/mol. The van der Waals surface area contributed by atoms with Crippen LogP contribution in [0.15, 0.2) is 53.6 Å². The second-order valence-corrected chi connectivity index (χ2v) is 8.44. The third-order valence-corrected chi connectivity index (χ3v) is 6.17. The molecule has 27 heavy (non-hydrogen) atoms. The van der Waals surface area contributed by atoms with Crippen molar-refractivity contribution in [3.8, 4) is 0 Å². The van der Waals surface area contributed by atoms with E-state index in [2.05, 4.69) is 10.3 Å². The van der Waals surface area contributed by atoms with E-state index in [1.54, 1.807) is 30.5 Å². The number of rotatable bonds is 6. The number of hydrogen-bond acceptors (Lipinski definition) is 4. The lowest BCUT2D eigenvalue weighted by Crippen LogP contribution is -2.25. The second-order valence-electron chi connectivity index (χ2n) is 6.29. The van der Waals surface area contributed by atoms with Gasteiger partial charge in [0.2, 0.25) is 10.0 Å². The number of pyridine rings is 1. The highest BCUT2D eigenvalue weighted by atomic mass is 32.2. The van der Waals surface area contributed by atoms with Crippen molar-refractivity contribution in [2.75, 3.05) is 14.1 Å². The molecule has 2 heterocycles. The summed E-state index contributed by atoms with van der Waals surface area (Å²) in [7, 11) is -0.543. The molecule has 3 rings (SSSR count). The lowest BCUT2D eigenvalue weighted by atomic mass is 10.2. The summed E-state index contributed by atoms with van der Waals surface area (Å²) in [5.41, 5.74) is 2.07. The van der Waals surface area contributed by atoms with Gasteiger partial charge in [-0.05, 0) is 43.3 Å². The quantitative estimate of drug-likeness (QED) is 0.704. The van der Waals surface area contributed by atoms with Gasteiger partial charge >= 0.3 is 0 Å². The first-order valence-corrected chi connectivity index (χ1v) is 10.0. The molecular weight excluding hydrogens is 364 g/mol. The van der Waals surface area contributed by atoms with Gasteiger partial charge < -0.3 is 9.88 Å². The summed E-state index contributed by atoms with van der Waals surface area (Å²) in [6, 6.07) is 12.2. The van der Waals surface area contributed by atoms with Crippen molar-refractivity contribution in [1.29, 1.82) is 0 Å². The van der Waals surface area contributed by atoms with Crippen molar-refractivity contribution in [2.45, 2.75) is 24.9 Å². The summed E-state index contributed by atoms with van der Waals surface area (Å²) in [5.74, 6) is -0.226. The fourth-order valence-corrected chi connectivity index (χ4v) is 3.85. The molecule has 142 valence electrons. The summed E-state index contributed by atoms with van der Waals surface area (Å²) >= 11 is 0. The molecule has 1 amide bonds. The Morgan fingerprint density at radius 1 is 1.19 bits per heavy atom. The van der Waals surface area contributed by atoms with Crippen LogP contribution in [0.5, 0.6) is 0 Å². The number of aryl methyl sites for hydroxylation is 1. The van der Waals surface area contributed by atoms with Crippen LogP contribution < -0.4 is 5.32 Å². The zero-order valence-corrected chi connectivity index (χ0v) is 16.3. The van der Waals surface area contributed by atoms with Crippen LogP contribution in [0.1, 0.15) is 23.1 Å². The molecule has 0 radical (unpaired) electrons. The largest absolute Gasteiger partial charge is 0.345 e. The molecule has 0 saturated carbocycles. The van der Waals surface area contributed by atoms with Gasteiger partial charge in [-0.3, -0.25) is 9.78 Å². The van der Waals surface area contributed by atoms with E-state index in [0.717, 1.165) is 11.2 Å². The summed E-state index contributed by atoms with van der Waals surface area (Å²) in [6.07, 6.45) is 1.68. The third-order valence-electron chi connectivity index (χ3n) is 4.36. The fraction of sp³-hybridized carbons (Fsp3) is 0.263. The Labute approximate surface area is 158 Å². The molecule has 0 aliphatic heterocycles. The first-order valence-electron chi connectivity index (χ1n) is 8.58. The molecule has 1 aromatic carbocycles. The Morgan fingerprint density at radius 2 is 1.96 bits per heavy atom. The SMILES string of the molecule is CCn1c(C(=O)NCc2ccccn2)cc2cc(S(=O)(=O)N(C)C)ccc21. The molecule has 1 N–H and O–H groups in total. The van der Waals surface area contributed by atoms with Gasteiger partial charge in [-0.15, -0.1) is 0 Å². The number of amides is 1. The van der Waals surface area contributed by atoms with Gasteiger partial charge in [-0.1, -0.05) is 6.07 Å². The Kier molecular flexibility index (Phi) is 5.29. The van der Waals surface area contributed by atoms with Crippen molar-refractivity contribution in [3.05, 3.63) is 60.0 Å². The van der Waals surface area contributed by atoms with Crippen LogP contribution in [0, 0.1) is 0 Å². The average molecular weight is 386 g/mol. The summed E-state index contributed by atoms with van der Waals surface area (Å²) < 4.78 is 27.8. The lowest BCUT2D eigenvalue weighted by molar-refractivity contribution is 0.0941. The maximum absolute atomic E-state index is 12.7. The lowest BCUT2D eigenvalue weighted by Gasteiger charge is -2.11. The summed E-state index contributed by atoms with van der Waals surface area (Å²) in [6.45, 7) is 2.86. The molecule has 0 fully saturated rings. The van der Waals surface area contributed by atoms with Gasteiger partial charge in [-0.25, -0.2) is 12.7 Å². The monoisotopic (exact) mass is 386 g/mol. The van der Waals surface area contributed by atoms with Crippen LogP contribution in [0.4, 0.5) is 0 Å². The molecule has 0 aliphatic carbocycles. The van der Waals surface area contributed by atoms with Gasteiger partial charge in [0.15, 0.2) is 0 Å². The highest BCUT2D eigenvalue weighted by molar-refractivity contribution is 7.89. The number of carbonyl (C=O) groups is 1. The van der Waals surface area contributed by atoms with Gasteiger partial charge in [0.25, 0.3) is 5.91 Å². The van der Waals surface area contributed by atoms with Gasteiger partial charge in [0.05, 0.1) is 17.1 Å². The van der Waals surface area contributed by atoms with Gasteiger partial charge in [-0.2, -0.15) is 0 Å². The smallest absolute Gasteiger partial charge is 0.268 e. The van der Waals surface area contributed by atoms with Crippen molar-refractivity contribution in [2.24, 2.45) is 0 Å².